The van der Waals surface area contributed by atoms with Gasteiger partial charge in [0.1, 0.15) is 12.4 Å². The Bertz CT molecular complexity index is 684. The monoisotopic (exact) mass is 584 g/mol. The van der Waals surface area contributed by atoms with Crippen LogP contribution in [0.1, 0.15) is 70.8 Å². The van der Waals surface area contributed by atoms with Crippen molar-refractivity contribution in [2.24, 2.45) is 0 Å². The highest BCUT2D eigenvalue weighted by Gasteiger charge is 2.01. The van der Waals surface area contributed by atoms with E-state index in [0.717, 1.165) is 12.2 Å². The van der Waals surface area contributed by atoms with E-state index in [-0.39, 0.29) is 12.4 Å². The highest BCUT2D eigenvalue weighted by atomic mass is 16.6. The van der Waals surface area contributed by atoms with Gasteiger partial charge in [-0.2, -0.15) is 0 Å². The highest BCUT2D eigenvalue weighted by Crippen LogP contribution is 2.15. The molecule has 1 rings (SSSR count). The fourth-order valence-electron chi connectivity index (χ4n) is 3.85. The van der Waals surface area contributed by atoms with E-state index in [4.69, 9.17) is 37.9 Å². The van der Waals surface area contributed by atoms with Crippen LogP contribution in [0.2, 0.25) is 0 Å². The fraction of sp³-hybridized carbons (Fsp3) is 0.781. The van der Waals surface area contributed by atoms with Crippen molar-refractivity contribution in [2.75, 3.05) is 92.5 Å². The maximum Gasteiger partial charge on any atom is 0.308 e. The molecule has 41 heavy (non-hydrogen) atoms. The van der Waals surface area contributed by atoms with E-state index in [1.165, 1.54) is 50.5 Å². The van der Waals surface area contributed by atoms with Crippen molar-refractivity contribution >= 4 is 5.97 Å². The van der Waals surface area contributed by atoms with Crippen molar-refractivity contribution < 1.29 is 42.7 Å². The van der Waals surface area contributed by atoms with E-state index in [1.807, 2.05) is 12.1 Å². The van der Waals surface area contributed by atoms with Crippen LogP contribution in [0.3, 0.4) is 0 Å². The smallest absolute Gasteiger partial charge is 0.308 e. The van der Waals surface area contributed by atoms with Crippen molar-refractivity contribution in [3.8, 4) is 5.75 Å². The number of carbonyl (C=O) groups excluding carboxylic acids is 1. The van der Waals surface area contributed by atoms with Gasteiger partial charge in [0, 0.05) is 0 Å². The van der Waals surface area contributed by atoms with Gasteiger partial charge < -0.3 is 37.9 Å². The largest absolute Gasteiger partial charge is 0.491 e. The van der Waals surface area contributed by atoms with Gasteiger partial charge in [0.05, 0.1) is 92.3 Å². The molecule has 0 amide bonds. The van der Waals surface area contributed by atoms with Gasteiger partial charge in [-0.1, -0.05) is 57.6 Å². The molecule has 0 fully saturated rings. The zero-order chi connectivity index (χ0) is 29.5. The first-order valence-electron chi connectivity index (χ1n) is 15.6. The summed E-state index contributed by atoms with van der Waals surface area (Å²) >= 11 is 0. The van der Waals surface area contributed by atoms with Crippen molar-refractivity contribution in [2.45, 2.75) is 71.6 Å². The summed E-state index contributed by atoms with van der Waals surface area (Å²) in [5, 5.41) is 0. The molecule has 0 aliphatic heterocycles. The summed E-state index contributed by atoms with van der Waals surface area (Å²) in [6.07, 6.45) is 10.8. The molecule has 0 unspecified atom stereocenters. The fourth-order valence-corrected chi connectivity index (χ4v) is 3.85. The first kappa shape index (κ1) is 37.3. The zero-order valence-electron chi connectivity index (χ0n) is 25.7. The number of esters is 1. The Morgan fingerprint density at radius 2 is 0.976 bits per heavy atom. The van der Waals surface area contributed by atoms with Crippen molar-refractivity contribution in [1.82, 2.24) is 0 Å². The molecule has 0 spiro atoms. The van der Waals surface area contributed by atoms with E-state index in [2.05, 4.69) is 19.1 Å². The molecule has 0 aromatic heterocycles. The zero-order valence-corrected chi connectivity index (χ0v) is 25.7. The standard InChI is InChI=1S/C32H56O9/c1-3-5-6-7-8-9-10-11-30-12-14-31(15-13-30)41-29-28-39-27-26-38-25-24-37-23-22-36-21-20-35-19-18-34-17-16-32(33)40-4-2/h12-15H,3-11,16-29H2,1-2H3. The third-order valence-electron chi connectivity index (χ3n) is 6.10. The summed E-state index contributed by atoms with van der Waals surface area (Å²) in [7, 11) is 0. The molecule has 0 heterocycles. The first-order valence-corrected chi connectivity index (χ1v) is 15.6. The molecule has 0 aliphatic rings. The lowest BCUT2D eigenvalue weighted by Gasteiger charge is -2.09. The van der Waals surface area contributed by atoms with Gasteiger partial charge in [-0.25, -0.2) is 0 Å². The second-order valence-electron chi connectivity index (χ2n) is 9.59. The second-order valence-corrected chi connectivity index (χ2v) is 9.59. The molecule has 1 aromatic rings. The Labute approximate surface area is 248 Å². The number of rotatable bonds is 31. The predicted octanol–water partition coefficient (Wildman–Crippen LogP) is 5.41. The van der Waals surface area contributed by atoms with Gasteiger partial charge in [0.2, 0.25) is 0 Å². The number of aryl methyl sites for hydroxylation is 1. The van der Waals surface area contributed by atoms with Crippen molar-refractivity contribution in [3.63, 3.8) is 0 Å². The van der Waals surface area contributed by atoms with Gasteiger partial charge in [-0.15, -0.1) is 0 Å². The lowest BCUT2D eigenvalue weighted by Crippen LogP contribution is -2.15. The molecule has 0 radical (unpaired) electrons. The number of benzene rings is 1. The minimum absolute atomic E-state index is 0.243. The quantitative estimate of drug-likeness (QED) is 0.0839. The van der Waals surface area contributed by atoms with Crippen molar-refractivity contribution in [1.29, 1.82) is 0 Å². The van der Waals surface area contributed by atoms with E-state index in [0.29, 0.717) is 92.5 Å². The Balaban J connectivity index is 1.77. The normalized spacial score (nSPS) is 11.2. The summed E-state index contributed by atoms with van der Waals surface area (Å²) in [6, 6.07) is 8.44. The molecule has 9 heteroatoms. The third kappa shape index (κ3) is 25.7. The average molecular weight is 585 g/mol. The van der Waals surface area contributed by atoms with Crippen LogP contribution < -0.4 is 4.74 Å². The molecule has 0 saturated heterocycles. The molecule has 0 saturated carbocycles. The van der Waals surface area contributed by atoms with Crippen LogP contribution in [-0.4, -0.2) is 98.5 Å². The van der Waals surface area contributed by atoms with Gasteiger partial charge in [0.25, 0.3) is 0 Å². The first-order chi connectivity index (χ1) is 20.3. The Kier molecular flexibility index (Phi) is 27.0. The lowest BCUT2D eigenvalue weighted by atomic mass is 10.0. The maximum atomic E-state index is 11.1. The molecule has 1 aromatic carbocycles. The maximum absolute atomic E-state index is 11.1. The lowest BCUT2D eigenvalue weighted by molar-refractivity contribution is -0.144. The van der Waals surface area contributed by atoms with Gasteiger partial charge in [-0.3, -0.25) is 4.79 Å². The molecule has 0 N–H and O–H groups in total. The number of hydrogen-bond acceptors (Lipinski definition) is 9. The van der Waals surface area contributed by atoms with Crippen LogP contribution in [0.15, 0.2) is 24.3 Å². The molecule has 0 bridgehead atoms. The minimum Gasteiger partial charge on any atom is -0.491 e. The number of unbranched alkanes of at least 4 members (excludes halogenated alkanes) is 6. The van der Waals surface area contributed by atoms with E-state index < -0.39 is 0 Å². The molecule has 0 atom stereocenters. The van der Waals surface area contributed by atoms with Crippen LogP contribution in [0.4, 0.5) is 0 Å². The van der Waals surface area contributed by atoms with Gasteiger partial charge in [0.15, 0.2) is 0 Å². The van der Waals surface area contributed by atoms with E-state index >= 15 is 0 Å². The topological polar surface area (TPSA) is 90.9 Å². The number of hydrogen-bond donors (Lipinski definition) is 0. The predicted molar refractivity (Wildman–Crippen MR) is 160 cm³/mol. The Morgan fingerprint density at radius 3 is 1.46 bits per heavy atom. The molecular formula is C32H56O9. The SMILES string of the molecule is CCCCCCCCCc1ccc(OCCOCCOCCOCCOCCOCCOCCC(=O)OCC)cc1. The average Bonchev–Trinajstić information content (AvgIpc) is 2.98. The third-order valence-corrected chi connectivity index (χ3v) is 6.10. The highest BCUT2D eigenvalue weighted by molar-refractivity contribution is 5.69. The number of ether oxygens (including phenoxy) is 8. The summed E-state index contributed by atoms with van der Waals surface area (Å²) < 4.78 is 43.3. The Hall–Kier alpha value is -1.75. The molecule has 238 valence electrons. The van der Waals surface area contributed by atoms with E-state index in [1.54, 1.807) is 6.92 Å². The van der Waals surface area contributed by atoms with Crippen LogP contribution in [0, 0.1) is 0 Å². The second kappa shape index (κ2) is 29.7. The van der Waals surface area contributed by atoms with Crippen LogP contribution in [-0.2, 0) is 44.4 Å². The number of carbonyl (C=O) groups is 1. The molecule has 9 nitrogen and oxygen atoms in total. The summed E-state index contributed by atoms with van der Waals surface area (Å²) in [4.78, 5) is 11.1. The molecular weight excluding hydrogens is 528 g/mol. The van der Waals surface area contributed by atoms with E-state index in [9.17, 15) is 4.79 Å². The van der Waals surface area contributed by atoms with Gasteiger partial charge >= 0.3 is 5.97 Å². The minimum atomic E-state index is -0.243. The van der Waals surface area contributed by atoms with Crippen LogP contribution in [0.5, 0.6) is 5.75 Å². The molecule has 0 aliphatic carbocycles. The van der Waals surface area contributed by atoms with Crippen LogP contribution in [0.25, 0.3) is 0 Å². The van der Waals surface area contributed by atoms with Crippen molar-refractivity contribution in [3.05, 3.63) is 29.8 Å². The summed E-state index contributed by atoms with van der Waals surface area (Å²) in [5.74, 6) is 0.642. The van der Waals surface area contributed by atoms with Crippen LogP contribution >= 0.6 is 0 Å². The Morgan fingerprint density at radius 1 is 0.537 bits per heavy atom. The van der Waals surface area contributed by atoms with Gasteiger partial charge in [-0.05, 0) is 37.5 Å². The summed E-state index contributed by atoms with van der Waals surface area (Å²) in [5.41, 5.74) is 1.38. The summed E-state index contributed by atoms with van der Waals surface area (Å²) in [6.45, 7) is 10.8.